The lowest BCUT2D eigenvalue weighted by molar-refractivity contribution is 0.332. The van der Waals surface area contributed by atoms with E-state index < -0.39 is 0 Å². The highest BCUT2D eigenvalue weighted by Gasteiger charge is 2.49. The lowest BCUT2D eigenvalue weighted by atomic mass is 9.33. The number of aryl methyl sites for hydroxylation is 2. The molecule has 0 fully saturated rings. The fraction of sp³-hybridized carbons (Fsp3) is 0.364. The Hall–Kier alpha value is -5.80. The number of anilines is 6. The molecule has 350 valence electrons. The first-order valence-corrected chi connectivity index (χ1v) is 25.8. The van der Waals surface area contributed by atoms with Crippen molar-refractivity contribution in [3.8, 4) is 11.1 Å². The summed E-state index contributed by atoms with van der Waals surface area (Å²) in [5.74, 6) is 0. The molecule has 0 radical (unpaired) electrons. The van der Waals surface area contributed by atoms with Crippen LogP contribution in [0.5, 0.6) is 0 Å². The van der Waals surface area contributed by atoms with Gasteiger partial charge >= 0.3 is 0 Å². The minimum atomic E-state index is -0.204. The van der Waals surface area contributed by atoms with Crippen LogP contribution in [0.3, 0.4) is 0 Å². The Bertz CT molecular complexity index is 3270. The van der Waals surface area contributed by atoms with Crippen LogP contribution in [0.4, 0.5) is 34.1 Å². The summed E-state index contributed by atoms with van der Waals surface area (Å²) in [7, 11) is 0. The number of hydrogen-bond acceptors (Lipinski definition) is 2. The fourth-order valence-corrected chi connectivity index (χ4v) is 13.1. The van der Waals surface area contributed by atoms with Crippen molar-refractivity contribution in [3.63, 3.8) is 0 Å². The Kier molecular flexibility index (Phi) is 9.83. The molecule has 0 spiro atoms. The molecule has 2 aliphatic heterocycles. The van der Waals surface area contributed by atoms with Gasteiger partial charge in [0.15, 0.2) is 0 Å². The van der Waals surface area contributed by atoms with E-state index in [2.05, 4.69) is 248 Å². The molecule has 0 bridgehead atoms. The van der Waals surface area contributed by atoms with Crippen molar-refractivity contribution < 1.29 is 0 Å². The zero-order valence-corrected chi connectivity index (χ0v) is 44.5. The SMILES string of the molecule is Cc1cc2c3c(c1)N(c1ccc(C(C)(C)C)cc1-c1ccccc1)c1ccc(C(C)(C)C)cc1B3c1cc3c(cc1N2c1cc2c(cc1C)C(C)(C)CCC2(C)C)C(C)(C)c1ccccc1C3(C)C. The van der Waals surface area contributed by atoms with Crippen LogP contribution >= 0.6 is 0 Å². The van der Waals surface area contributed by atoms with E-state index in [9.17, 15) is 0 Å². The lowest BCUT2D eigenvalue weighted by Gasteiger charge is -2.49. The van der Waals surface area contributed by atoms with Crippen LogP contribution in [0.1, 0.15) is 165 Å². The third-order valence-electron chi connectivity index (χ3n) is 17.4. The molecule has 69 heavy (non-hydrogen) atoms. The van der Waals surface area contributed by atoms with Crippen molar-refractivity contribution in [2.24, 2.45) is 0 Å². The summed E-state index contributed by atoms with van der Waals surface area (Å²) in [6.45, 7) is 38.5. The normalized spacial score (nSPS) is 17.8. The summed E-state index contributed by atoms with van der Waals surface area (Å²) in [6, 6.07) is 50.6. The molecule has 7 aromatic rings. The van der Waals surface area contributed by atoms with Gasteiger partial charge in [0.05, 0.1) is 5.69 Å². The third kappa shape index (κ3) is 6.79. The summed E-state index contributed by atoms with van der Waals surface area (Å²) in [4.78, 5) is 5.38. The number of rotatable bonds is 3. The monoisotopic (exact) mass is 905 g/mol. The van der Waals surface area contributed by atoms with E-state index in [-0.39, 0.29) is 39.2 Å². The molecular weight excluding hydrogens is 832 g/mol. The minimum Gasteiger partial charge on any atom is -0.311 e. The molecule has 4 aliphatic rings. The summed E-state index contributed by atoms with van der Waals surface area (Å²) < 4.78 is 0. The Morgan fingerprint density at radius 2 is 0.899 bits per heavy atom. The van der Waals surface area contributed by atoms with Crippen molar-refractivity contribution in [2.75, 3.05) is 9.80 Å². The molecule has 2 heterocycles. The zero-order chi connectivity index (χ0) is 49.1. The van der Waals surface area contributed by atoms with Crippen LogP contribution in [-0.4, -0.2) is 6.71 Å². The first-order valence-electron chi connectivity index (χ1n) is 25.8. The predicted molar refractivity (Wildman–Crippen MR) is 299 cm³/mol. The molecule has 0 saturated heterocycles. The van der Waals surface area contributed by atoms with Crippen LogP contribution < -0.4 is 26.2 Å². The van der Waals surface area contributed by atoms with E-state index in [1.807, 2.05) is 0 Å². The molecule has 7 aromatic carbocycles. The van der Waals surface area contributed by atoms with Crippen molar-refractivity contribution in [3.05, 3.63) is 183 Å². The average molecular weight is 905 g/mol. The van der Waals surface area contributed by atoms with Gasteiger partial charge in [-0.25, -0.2) is 0 Å². The molecule has 0 atom stereocenters. The van der Waals surface area contributed by atoms with Gasteiger partial charge in [0.1, 0.15) is 0 Å². The third-order valence-corrected chi connectivity index (χ3v) is 17.4. The highest BCUT2D eigenvalue weighted by molar-refractivity contribution is 7.00. The molecule has 0 aromatic heterocycles. The van der Waals surface area contributed by atoms with Gasteiger partial charge < -0.3 is 9.80 Å². The molecule has 0 amide bonds. The quantitative estimate of drug-likeness (QED) is 0.163. The van der Waals surface area contributed by atoms with Gasteiger partial charge in [-0.3, -0.25) is 0 Å². The number of benzene rings is 7. The number of nitrogens with zero attached hydrogens (tertiary/aromatic N) is 2. The molecule has 0 saturated carbocycles. The van der Waals surface area contributed by atoms with Crippen LogP contribution in [0.25, 0.3) is 11.1 Å². The predicted octanol–water partition coefficient (Wildman–Crippen LogP) is 16.0. The van der Waals surface area contributed by atoms with Crippen LogP contribution in [-0.2, 0) is 32.5 Å². The zero-order valence-electron chi connectivity index (χ0n) is 44.5. The van der Waals surface area contributed by atoms with Crippen LogP contribution in [0.2, 0.25) is 0 Å². The van der Waals surface area contributed by atoms with Crippen molar-refractivity contribution in [1.29, 1.82) is 0 Å². The second kappa shape index (κ2) is 14.9. The Balaban J connectivity index is 1.29. The Morgan fingerprint density at radius 3 is 1.48 bits per heavy atom. The van der Waals surface area contributed by atoms with E-state index >= 15 is 0 Å². The minimum absolute atomic E-state index is 0.000821. The highest BCUT2D eigenvalue weighted by Crippen LogP contribution is 2.55. The van der Waals surface area contributed by atoms with Gasteiger partial charge in [-0.1, -0.05) is 182 Å². The van der Waals surface area contributed by atoms with E-state index in [4.69, 9.17) is 0 Å². The summed E-state index contributed by atoms with van der Waals surface area (Å²) in [5.41, 5.74) is 28.0. The number of hydrogen-bond donors (Lipinski definition) is 0. The van der Waals surface area contributed by atoms with Gasteiger partial charge in [-0.15, -0.1) is 0 Å². The van der Waals surface area contributed by atoms with Gasteiger partial charge in [0.25, 0.3) is 6.71 Å². The standard InChI is InChI=1S/C66H73BN2/c1-40-32-58-60-59(33-40)69(56-38-49-48(34-41(56)2)63(9,10)30-31-64(49,11)12)57-39-51-50(65(13,14)46-24-20-21-25-47(46)66(51,15)16)37-53(57)67(60)52-36-44(62(6,7)8)27-29-55(52)68(58)54-28-26-43(61(3,4)5)35-45(54)42-22-18-17-19-23-42/h17-29,32-39H,30-31H2,1-16H3. The molecule has 0 unspecified atom stereocenters. The lowest BCUT2D eigenvalue weighted by Crippen LogP contribution is -2.62. The first kappa shape index (κ1) is 45.6. The molecule has 3 heteroatoms. The summed E-state index contributed by atoms with van der Waals surface area (Å²) >= 11 is 0. The van der Waals surface area contributed by atoms with Gasteiger partial charge in [-0.05, 0) is 168 Å². The van der Waals surface area contributed by atoms with E-state index in [0.29, 0.717) is 0 Å². The van der Waals surface area contributed by atoms with E-state index in [1.165, 1.54) is 130 Å². The van der Waals surface area contributed by atoms with Gasteiger partial charge in [-0.2, -0.15) is 0 Å². The second-order valence-electron chi connectivity index (χ2n) is 25.9. The maximum Gasteiger partial charge on any atom is 0.252 e. The fourth-order valence-electron chi connectivity index (χ4n) is 13.1. The summed E-state index contributed by atoms with van der Waals surface area (Å²) in [5, 5.41) is 0. The van der Waals surface area contributed by atoms with Crippen molar-refractivity contribution in [1.82, 2.24) is 0 Å². The van der Waals surface area contributed by atoms with E-state index in [0.717, 1.165) is 0 Å². The number of fused-ring (bicyclic) bond motifs is 7. The molecule has 11 rings (SSSR count). The summed E-state index contributed by atoms with van der Waals surface area (Å²) in [6.07, 6.45) is 2.36. The molecular formula is C66H73BN2. The average Bonchev–Trinajstić information content (AvgIpc) is 3.29. The van der Waals surface area contributed by atoms with Gasteiger partial charge in [0.2, 0.25) is 0 Å². The smallest absolute Gasteiger partial charge is 0.252 e. The molecule has 2 aliphatic carbocycles. The molecule has 0 N–H and O–H groups in total. The van der Waals surface area contributed by atoms with Crippen LogP contribution in [0, 0.1) is 13.8 Å². The topological polar surface area (TPSA) is 6.48 Å². The van der Waals surface area contributed by atoms with E-state index in [1.54, 1.807) is 0 Å². The second-order valence-corrected chi connectivity index (χ2v) is 25.9. The maximum absolute atomic E-state index is 2.73. The maximum atomic E-state index is 2.73. The highest BCUT2D eigenvalue weighted by atomic mass is 15.2. The first-order chi connectivity index (χ1) is 32.3. The van der Waals surface area contributed by atoms with Crippen molar-refractivity contribution >= 4 is 57.2 Å². The molecule has 2 nitrogen and oxygen atoms in total. The Morgan fingerprint density at radius 1 is 0.420 bits per heavy atom. The van der Waals surface area contributed by atoms with Crippen LogP contribution in [0.15, 0.2) is 127 Å². The Labute approximate surface area is 415 Å². The van der Waals surface area contributed by atoms with Crippen molar-refractivity contribution in [2.45, 2.75) is 156 Å². The van der Waals surface area contributed by atoms with Gasteiger partial charge in [0, 0.05) is 44.8 Å². The largest absolute Gasteiger partial charge is 0.311 e.